The van der Waals surface area contributed by atoms with Crippen molar-refractivity contribution < 1.29 is 36.6 Å². The maximum atomic E-state index is 15.0. The monoisotopic (exact) mass is 508 g/mol. The summed E-state index contributed by atoms with van der Waals surface area (Å²) in [5.74, 6) is -5.92. The molecule has 10 nitrogen and oxygen atoms in total. The van der Waals surface area contributed by atoms with Crippen LogP contribution in [0.2, 0.25) is 0 Å². The highest BCUT2D eigenvalue weighted by Gasteiger charge is 2.51. The molecule has 1 rings (SSSR count). The van der Waals surface area contributed by atoms with Crippen LogP contribution in [0.3, 0.4) is 0 Å². The van der Waals surface area contributed by atoms with Gasteiger partial charge in [-0.25, -0.2) is 31.6 Å². The molecule has 0 aliphatic carbocycles. The summed E-state index contributed by atoms with van der Waals surface area (Å²) in [6.07, 6.45) is -2.27. The van der Waals surface area contributed by atoms with Crippen LogP contribution in [0.1, 0.15) is 46.7 Å². The highest BCUT2D eigenvalue weighted by Crippen LogP contribution is 2.29. The number of carbonyl (C=O) groups is 2. The van der Waals surface area contributed by atoms with Gasteiger partial charge >= 0.3 is 6.09 Å². The molecular formula is C21H34F2N4O6S. The van der Waals surface area contributed by atoms with Gasteiger partial charge in [0.05, 0.1) is 29.6 Å². The zero-order chi connectivity index (χ0) is 26.3. The molecule has 0 aromatic carbocycles. The van der Waals surface area contributed by atoms with Gasteiger partial charge in [0, 0.05) is 6.20 Å². The highest BCUT2D eigenvalue weighted by atomic mass is 32.2. The Kier molecular flexibility index (Phi) is 10.9. The minimum absolute atomic E-state index is 0.198. The van der Waals surface area contributed by atoms with Crippen LogP contribution in [-0.4, -0.2) is 71.3 Å². The lowest BCUT2D eigenvalue weighted by Crippen LogP contribution is -2.62. The number of rotatable bonds is 12. The van der Waals surface area contributed by atoms with Gasteiger partial charge in [-0.3, -0.25) is 9.78 Å². The molecule has 0 saturated heterocycles. The maximum absolute atomic E-state index is 15.0. The van der Waals surface area contributed by atoms with Gasteiger partial charge in [-0.05, 0) is 38.3 Å². The first-order valence-corrected chi connectivity index (χ1v) is 12.5. The smallest absolute Gasteiger partial charge is 0.417 e. The van der Waals surface area contributed by atoms with Crippen molar-refractivity contribution in [3.05, 3.63) is 30.1 Å². The number of aliphatic hydroxyl groups is 1. The van der Waals surface area contributed by atoms with Crippen LogP contribution in [-0.2, 0) is 26.2 Å². The van der Waals surface area contributed by atoms with Crippen molar-refractivity contribution >= 4 is 22.0 Å². The Hall–Kier alpha value is -2.22. The molecule has 0 aliphatic rings. The topological polar surface area (TPSA) is 152 Å². The summed E-state index contributed by atoms with van der Waals surface area (Å²) in [4.78, 5) is 30.0. The zero-order valence-electron chi connectivity index (χ0n) is 19.9. The summed E-state index contributed by atoms with van der Waals surface area (Å²) in [6.45, 7) is 6.32. The maximum Gasteiger partial charge on any atom is 0.417 e. The Morgan fingerprint density at radius 3 is 2.38 bits per heavy atom. The number of carbonyl (C=O) groups excluding carboxylic acids is 2. The lowest BCUT2D eigenvalue weighted by atomic mass is 9.97. The van der Waals surface area contributed by atoms with Crippen molar-refractivity contribution in [1.82, 2.24) is 14.6 Å². The van der Waals surface area contributed by atoms with E-state index in [2.05, 4.69) is 4.98 Å². The highest BCUT2D eigenvalue weighted by molar-refractivity contribution is 7.89. The van der Waals surface area contributed by atoms with Crippen molar-refractivity contribution in [2.24, 2.45) is 11.7 Å². The molecule has 3 unspecified atom stereocenters. The second kappa shape index (κ2) is 12.5. The van der Waals surface area contributed by atoms with E-state index in [1.165, 1.54) is 6.20 Å². The van der Waals surface area contributed by atoms with Gasteiger partial charge in [0.15, 0.2) is 0 Å². The van der Waals surface area contributed by atoms with E-state index in [4.69, 9.17) is 10.5 Å². The van der Waals surface area contributed by atoms with Crippen molar-refractivity contribution in [2.45, 2.75) is 77.8 Å². The van der Waals surface area contributed by atoms with Crippen LogP contribution in [0.25, 0.3) is 0 Å². The molecule has 13 heteroatoms. The first kappa shape index (κ1) is 29.8. The van der Waals surface area contributed by atoms with E-state index in [1.54, 1.807) is 39.0 Å². The summed E-state index contributed by atoms with van der Waals surface area (Å²) >= 11 is 0. The molecule has 4 atom stereocenters. The number of sulfonamides is 1. The third-order valence-electron chi connectivity index (χ3n) is 5.17. The van der Waals surface area contributed by atoms with Gasteiger partial charge in [-0.2, -0.15) is 0 Å². The summed E-state index contributed by atoms with van der Waals surface area (Å²) in [6, 6.07) is -0.244. The Bertz CT molecular complexity index is 917. The molecule has 4 N–H and O–H groups in total. The van der Waals surface area contributed by atoms with E-state index >= 15 is 8.78 Å². The number of pyridine rings is 1. The SMILES string of the molecule is CCCS(=O)(=O)NC(C)C(F)(F)C(O)C(C)N(C(=O)OCc1ccccn1)C(=O)[C@@H](N)C(C)C. The molecule has 1 aromatic heterocycles. The number of hydrogen-bond acceptors (Lipinski definition) is 8. The number of aromatic nitrogens is 1. The molecule has 0 saturated carbocycles. The second-order valence-electron chi connectivity index (χ2n) is 8.37. The molecule has 0 aliphatic heterocycles. The van der Waals surface area contributed by atoms with Gasteiger partial charge in [0.1, 0.15) is 12.7 Å². The normalized spacial score (nSPS) is 15.9. The fraction of sp³-hybridized carbons (Fsp3) is 0.667. The van der Waals surface area contributed by atoms with E-state index in [0.29, 0.717) is 10.6 Å². The number of hydrogen-bond donors (Lipinski definition) is 3. The minimum Gasteiger partial charge on any atom is -0.443 e. The number of amides is 2. The van der Waals surface area contributed by atoms with Crippen LogP contribution in [0.15, 0.2) is 24.4 Å². The van der Waals surface area contributed by atoms with Gasteiger partial charge < -0.3 is 15.6 Å². The van der Waals surface area contributed by atoms with Gasteiger partial charge in [0.25, 0.3) is 5.92 Å². The Morgan fingerprint density at radius 1 is 1.26 bits per heavy atom. The predicted octanol–water partition coefficient (Wildman–Crippen LogP) is 1.63. The molecule has 1 aromatic rings. The van der Waals surface area contributed by atoms with Crippen molar-refractivity contribution in [1.29, 1.82) is 0 Å². The molecule has 0 fully saturated rings. The van der Waals surface area contributed by atoms with Gasteiger partial charge in [-0.15, -0.1) is 0 Å². The third-order valence-corrected chi connectivity index (χ3v) is 6.83. The summed E-state index contributed by atoms with van der Waals surface area (Å²) in [5.41, 5.74) is 6.20. The van der Waals surface area contributed by atoms with Crippen LogP contribution < -0.4 is 10.5 Å². The number of aliphatic hydroxyl groups excluding tert-OH is 1. The van der Waals surface area contributed by atoms with E-state index in [9.17, 15) is 23.1 Å². The van der Waals surface area contributed by atoms with Crippen LogP contribution >= 0.6 is 0 Å². The van der Waals surface area contributed by atoms with Gasteiger partial charge in [0.2, 0.25) is 15.9 Å². The quantitative estimate of drug-likeness (QED) is 0.385. The van der Waals surface area contributed by atoms with Crippen molar-refractivity contribution in [3.8, 4) is 0 Å². The van der Waals surface area contributed by atoms with Crippen LogP contribution in [0, 0.1) is 5.92 Å². The Morgan fingerprint density at radius 2 is 1.88 bits per heavy atom. The lowest BCUT2D eigenvalue weighted by Gasteiger charge is -2.37. The number of nitrogens with zero attached hydrogens (tertiary/aromatic N) is 2. The van der Waals surface area contributed by atoms with Gasteiger partial charge in [-0.1, -0.05) is 26.8 Å². The predicted molar refractivity (Wildman–Crippen MR) is 121 cm³/mol. The van der Waals surface area contributed by atoms with Crippen LogP contribution in [0.5, 0.6) is 0 Å². The summed E-state index contributed by atoms with van der Waals surface area (Å²) in [5, 5.41) is 10.5. The Labute approximate surface area is 198 Å². The minimum atomic E-state index is -4.05. The van der Waals surface area contributed by atoms with E-state index in [1.807, 2.05) is 4.72 Å². The molecule has 2 amide bonds. The number of nitrogens with two attached hydrogens (primary N) is 1. The second-order valence-corrected chi connectivity index (χ2v) is 10.2. The molecule has 1 heterocycles. The molecule has 194 valence electrons. The molecule has 0 spiro atoms. The number of imide groups is 1. The molecule has 34 heavy (non-hydrogen) atoms. The van der Waals surface area contributed by atoms with Crippen molar-refractivity contribution in [2.75, 3.05) is 5.75 Å². The average molecular weight is 509 g/mol. The molecular weight excluding hydrogens is 474 g/mol. The summed E-state index contributed by atoms with van der Waals surface area (Å²) < 4.78 is 60.8. The largest absolute Gasteiger partial charge is 0.443 e. The number of nitrogens with one attached hydrogen (secondary N) is 1. The van der Waals surface area contributed by atoms with E-state index < -0.39 is 58.1 Å². The lowest BCUT2D eigenvalue weighted by molar-refractivity contribution is -0.158. The number of halogens is 2. The molecule has 0 radical (unpaired) electrons. The first-order valence-electron chi connectivity index (χ1n) is 10.9. The Balaban J connectivity index is 3.18. The average Bonchev–Trinajstić information content (AvgIpc) is 2.76. The standard InChI is InChI=1S/C21H34F2N4O6S/c1-6-11-34(31,32)26-15(5)21(22,23)18(28)14(4)27(19(29)17(24)13(2)3)20(30)33-12-16-9-7-8-10-25-16/h7-10,13-15,17-18,26,28H,6,11-12,24H2,1-5H3/t14?,15?,17-,18?/m0/s1. The summed E-state index contributed by atoms with van der Waals surface area (Å²) in [7, 11) is -4.03. The van der Waals surface area contributed by atoms with E-state index in [-0.39, 0.29) is 18.8 Å². The first-order chi connectivity index (χ1) is 15.7. The van der Waals surface area contributed by atoms with Crippen LogP contribution in [0.4, 0.5) is 13.6 Å². The number of alkyl halides is 2. The fourth-order valence-electron chi connectivity index (χ4n) is 2.99. The fourth-order valence-corrected chi connectivity index (χ4v) is 4.34. The number of ether oxygens (including phenoxy) is 1. The molecule has 0 bridgehead atoms. The zero-order valence-corrected chi connectivity index (χ0v) is 20.8. The van der Waals surface area contributed by atoms with Crippen molar-refractivity contribution in [3.63, 3.8) is 0 Å². The van der Waals surface area contributed by atoms with E-state index in [0.717, 1.165) is 13.8 Å². The third kappa shape index (κ3) is 7.93.